The number of thiazole rings is 1. The Bertz CT molecular complexity index is 1310. The molecule has 2 N–H and O–H groups in total. The average Bonchev–Trinajstić information content (AvgIpc) is 3.23. The van der Waals surface area contributed by atoms with Gasteiger partial charge >= 0.3 is 0 Å². The fourth-order valence-corrected chi connectivity index (χ4v) is 4.33. The maximum absolute atomic E-state index is 12.9. The molecule has 1 amide bonds. The Labute approximate surface area is 180 Å². The van der Waals surface area contributed by atoms with Gasteiger partial charge in [-0.15, -0.1) is 6.58 Å². The number of hydrogen-bond acceptors (Lipinski definition) is 6. The zero-order valence-corrected chi connectivity index (χ0v) is 17.7. The van der Waals surface area contributed by atoms with E-state index < -0.39 is 0 Å². The van der Waals surface area contributed by atoms with Crippen molar-refractivity contribution in [1.82, 2.24) is 24.7 Å². The van der Waals surface area contributed by atoms with Crippen LogP contribution in [0.3, 0.4) is 0 Å². The maximum atomic E-state index is 12.9. The molecule has 0 atom stereocenters. The Morgan fingerprint density at radius 1 is 1.48 bits per heavy atom. The summed E-state index contributed by atoms with van der Waals surface area (Å²) in [6.45, 7) is 6.12. The summed E-state index contributed by atoms with van der Waals surface area (Å²) in [5, 5.41) is 11.6. The first-order chi connectivity index (χ1) is 14.0. The zero-order chi connectivity index (χ0) is 20.5. The van der Waals surface area contributed by atoms with Gasteiger partial charge in [0.25, 0.3) is 5.91 Å². The number of amides is 1. The molecule has 10 heteroatoms. The van der Waals surface area contributed by atoms with E-state index >= 15 is 0 Å². The number of aryl methyl sites for hydroxylation is 1. The van der Waals surface area contributed by atoms with Gasteiger partial charge in [0, 0.05) is 23.2 Å². The fraction of sp³-hybridized carbons (Fsp3) is 0.105. The molecule has 3 aromatic heterocycles. The summed E-state index contributed by atoms with van der Waals surface area (Å²) in [4.78, 5) is 22.5. The molecule has 0 saturated carbocycles. The number of nitrogens with one attached hydrogen (secondary N) is 2. The van der Waals surface area contributed by atoms with E-state index in [0.717, 1.165) is 16.0 Å². The van der Waals surface area contributed by atoms with Crippen molar-refractivity contribution in [1.29, 1.82) is 0 Å². The number of halogens is 1. The SMILES string of the molecule is C=CCn1c(-c2sc(NC(=O)c3cc(Cl)cc4cccnc34)nc2C)n[nH]c1=S. The highest BCUT2D eigenvalue weighted by molar-refractivity contribution is 7.71. The molecule has 7 nitrogen and oxygen atoms in total. The largest absolute Gasteiger partial charge is 0.298 e. The smallest absolute Gasteiger partial charge is 0.259 e. The van der Waals surface area contributed by atoms with Crippen molar-refractivity contribution >= 4 is 57.1 Å². The lowest BCUT2D eigenvalue weighted by atomic mass is 10.1. The van der Waals surface area contributed by atoms with E-state index in [1.54, 1.807) is 30.5 Å². The Morgan fingerprint density at radius 2 is 2.31 bits per heavy atom. The highest BCUT2D eigenvalue weighted by atomic mass is 35.5. The second-order valence-corrected chi connectivity index (χ2v) is 7.99. The lowest BCUT2D eigenvalue weighted by molar-refractivity contribution is 0.102. The van der Waals surface area contributed by atoms with Gasteiger partial charge in [-0.3, -0.25) is 24.8 Å². The van der Waals surface area contributed by atoms with Gasteiger partial charge in [-0.2, -0.15) is 5.10 Å². The third-order valence-corrected chi connectivity index (χ3v) is 5.80. The normalized spacial score (nSPS) is 11.0. The number of rotatable bonds is 5. The number of carbonyl (C=O) groups is 1. The first-order valence-corrected chi connectivity index (χ1v) is 10.2. The Hall–Kier alpha value is -2.88. The summed E-state index contributed by atoms with van der Waals surface area (Å²) in [5.41, 5.74) is 1.70. The molecule has 4 rings (SSSR count). The Morgan fingerprint density at radius 3 is 3.10 bits per heavy atom. The van der Waals surface area contributed by atoms with Gasteiger partial charge in [0.2, 0.25) is 0 Å². The van der Waals surface area contributed by atoms with Crippen molar-refractivity contribution in [3.8, 4) is 10.7 Å². The molecule has 0 spiro atoms. The van der Waals surface area contributed by atoms with E-state index in [1.165, 1.54) is 11.3 Å². The molecule has 0 saturated heterocycles. The number of aromatic nitrogens is 5. The van der Waals surface area contributed by atoms with E-state index in [2.05, 4.69) is 32.1 Å². The van der Waals surface area contributed by atoms with Gasteiger partial charge in [-0.05, 0) is 37.3 Å². The van der Waals surface area contributed by atoms with Gasteiger partial charge < -0.3 is 0 Å². The number of pyridine rings is 1. The molecule has 0 fully saturated rings. The Kier molecular flexibility index (Phi) is 5.27. The third kappa shape index (κ3) is 3.71. The average molecular weight is 443 g/mol. The second kappa shape index (κ2) is 7.86. The first kappa shape index (κ1) is 19.4. The van der Waals surface area contributed by atoms with Crippen LogP contribution in [-0.4, -0.2) is 30.6 Å². The van der Waals surface area contributed by atoms with E-state index in [1.807, 2.05) is 17.6 Å². The Balaban J connectivity index is 1.69. The van der Waals surface area contributed by atoms with Crippen molar-refractivity contribution in [3.05, 3.63) is 64.2 Å². The maximum Gasteiger partial charge on any atom is 0.259 e. The lowest BCUT2D eigenvalue weighted by Crippen LogP contribution is -2.12. The van der Waals surface area contributed by atoms with Crippen LogP contribution in [0.15, 0.2) is 43.1 Å². The predicted molar refractivity (Wildman–Crippen MR) is 118 cm³/mol. The van der Waals surface area contributed by atoms with Crippen LogP contribution in [0.1, 0.15) is 16.1 Å². The molecule has 146 valence electrons. The predicted octanol–water partition coefficient (Wildman–Crippen LogP) is 5.01. The molecule has 4 aromatic rings. The van der Waals surface area contributed by atoms with Gasteiger partial charge in [0.15, 0.2) is 15.7 Å². The molecule has 0 unspecified atom stereocenters. The first-order valence-electron chi connectivity index (χ1n) is 8.57. The van der Waals surface area contributed by atoms with Crippen molar-refractivity contribution < 1.29 is 4.79 Å². The highest BCUT2D eigenvalue weighted by Crippen LogP contribution is 2.32. The molecule has 0 bridgehead atoms. The minimum Gasteiger partial charge on any atom is -0.298 e. The molecule has 1 aromatic carbocycles. The highest BCUT2D eigenvalue weighted by Gasteiger charge is 2.19. The molecule has 29 heavy (non-hydrogen) atoms. The van der Waals surface area contributed by atoms with E-state index in [4.69, 9.17) is 23.8 Å². The van der Waals surface area contributed by atoms with Crippen LogP contribution in [-0.2, 0) is 6.54 Å². The van der Waals surface area contributed by atoms with Gasteiger partial charge in [0.1, 0.15) is 0 Å². The zero-order valence-electron chi connectivity index (χ0n) is 15.3. The van der Waals surface area contributed by atoms with Crippen LogP contribution in [0.5, 0.6) is 0 Å². The van der Waals surface area contributed by atoms with Crippen molar-refractivity contribution in [2.24, 2.45) is 0 Å². The lowest BCUT2D eigenvalue weighted by Gasteiger charge is -2.06. The summed E-state index contributed by atoms with van der Waals surface area (Å²) < 4.78 is 2.32. The number of fused-ring (bicyclic) bond motifs is 1. The summed E-state index contributed by atoms with van der Waals surface area (Å²) in [5.74, 6) is 0.321. The standard InChI is InChI=1S/C19H15ClN6OS2/c1-3-7-26-16(24-25-19(26)28)15-10(2)22-18(29-15)23-17(27)13-9-12(20)8-11-5-4-6-21-14(11)13/h3-6,8-9H,1,7H2,2H3,(H,25,28)(H,22,23,27). The molecule has 0 radical (unpaired) electrons. The second-order valence-electron chi connectivity index (χ2n) is 6.17. The number of carbonyl (C=O) groups excluding carboxylic acids is 1. The van der Waals surface area contributed by atoms with Crippen molar-refractivity contribution in [2.75, 3.05) is 5.32 Å². The van der Waals surface area contributed by atoms with Crippen LogP contribution in [0.4, 0.5) is 5.13 Å². The summed E-state index contributed by atoms with van der Waals surface area (Å²) in [6, 6.07) is 7.03. The van der Waals surface area contributed by atoms with Crippen LogP contribution in [0.25, 0.3) is 21.6 Å². The molecular formula is C19H15ClN6OS2. The number of benzene rings is 1. The minimum atomic E-state index is -0.332. The van der Waals surface area contributed by atoms with E-state index in [-0.39, 0.29) is 5.91 Å². The third-order valence-electron chi connectivity index (χ3n) is 4.20. The van der Waals surface area contributed by atoms with Gasteiger partial charge in [-0.1, -0.05) is 35.1 Å². The van der Waals surface area contributed by atoms with Crippen LogP contribution < -0.4 is 5.32 Å². The fourth-order valence-electron chi connectivity index (χ4n) is 2.94. The number of H-pyrrole nitrogens is 1. The molecule has 0 aliphatic heterocycles. The van der Waals surface area contributed by atoms with Crippen molar-refractivity contribution in [2.45, 2.75) is 13.5 Å². The monoisotopic (exact) mass is 442 g/mol. The molecule has 3 heterocycles. The van der Waals surface area contributed by atoms with Gasteiger partial charge in [-0.25, -0.2) is 4.98 Å². The topological polar surface area (TPSA) is 88.5 Å². The van der Waals surface area contributed by atoms with E-state index in [9.17, 15) is 4.79 Å². The van der Waals surface area contributed by atoms with Crippen LogP contribution in [0.2, 0.25) is 5.02 Å². The molecular weight excluding hydrogens is 428 g/mol. The van der Waals surface area contributed by atoms with Gasteiger partial charge in [0.05, 0.1) is 21.7 Å². The van der Waals surface area contributed by atoms with Crippen LogP contribution >= 0.6 is 35.2 Å². The number of hydrogen-bond donors (Lipinski definition) is 2. The van der Waals surface area contributed by atoms with Crippen molar-refractivity contribution in [3.63, 3.8) is 0 Å². The summed E-state index contributed by atoms with van der Waals surface area (Å²) in [6.07, 6.45) is 3.38. The number of aromatic amines is 1. The number of anilines is 1. The number of allylic oxidation sites excluding steroid dienone is 1. The summed E-state index contributed by atoms with van der Waals surface area (Å²) >= 11 is 12.8. The molecule has 0 aliphatic carbocycles. The van der Waals surface area contributed by atoms with Crippen LogP contribution in [0, 0.1) is 11.7 Å². The quantitative estimate of drug-likeness (QED) is 0.335. The summed E-state index contributed by atoms with van der Waals surface area (Å²) in [7, 11) is 0. The number of nitrogens with zero attached hydrogens (tertiary/aromatic N) is 4. The minimum absolute atomic E-state index is 0.332. The van der Waals surface area contributed by atoms with E-state index in [0.29, 0.717) is 38.4 Å². The molecule has 0 aliphatic rings.